The predicted octanol–water partition coefficient (Wildman–Crippen LogP) is 1.42. The van der Waals surface area contributed by atoms with Gasteiger partial charge in [0.05, 0.1) is 11.1 Å². The summed E-state index contributed by atoms with van der Waals surface area (Å²) >= 11 is 2.96. The molecule has 5 aromatic heterocycles. The first-order valence-corrected chi connectivity index (χ1v) is 8.71. The molecule has 5 rings (SSSR count). The summed E-state index contributed by atoms with van der Waals surface area (Å²) in [5.74, 6) is 0.998. The van der Waals surface area contributed by atoms with E-state index in [-0.39, 0.29) is 0 Å². The maximum atomic E-state index is 4.46. The van der Waals surface area contributed by atoms with Gasteiger partial charge in [-0.3, -0.25) is 0 Å². The molecule has 0 saturated heterocycles. The van der Waals surface area contributed by atoms with Crippen molar-refractivity contribution in [2.75, 3.05) is 0 Å². The molecule has 0 aliphatic rings. The van der Waals surface area contributed by atoms with Gasteiger partial charge in [-0.15, -0.1) is 42.8 Å². The Bertz CT molecular complexity index is 1100. The summed E-state index contributed by atoms with van der Waals surface area (Å²) in [6.07, 6.45) is 1.63. The molecule has 0 atom stereocenters. The highest BCUT2D eigenvalue weighted by molar-refractivity contribution is 7.13. The summed E-state index contributed by atoms with van der Waals surface area (Å²) in [6.45, 7) is 0. The third kappa shape index (κ3) is 2.41. The molecular formula is C12H7N11S2. The van der Waals surface area contributed by atoms with Crippen LogP contribution in [-0.4, -0.2) is 56.0 Å². The average molecular weight is 369 g/mol. The third-order valence-electron chi connectivity index (χ3n) is 3.27. The zero-order valence-electron chi connectivity index (χ0n) is 12.2. The summed E-state index contributed by atoms with van der Waals surface area (Å²) in [7, 11) is 0. The van der Waals surface area contributed by atoms with Crippen LogP contribution < -0.4 is 0 Å². The molecule has 0 fully saturated rings. The number of hydrogen-bond acceptors (Lipinski definition) is 10. The van der Waals surface area contributed by atoms with E-state index in [1.165, 1.54) is 16.1 Å². The molecule has 0 aliphatic heterocycles. The molecule has 0 bridgehead atoms. The van der Waals surface area contributed by atoms with E-state index in [1.807, 2.05) is 22.9 Å². The molecule has 2 N–H and O–H groups in total. The van der Waals surface area contributed by atoms with Gasteiger partial charge in [0, 0.05) is 5.38 Å². The average Bonchev–Trinajstić information content (AvgIpc) is 3.48. The van der Waals surface area contributed by atoms with E-state index in [4.69, 9.17) is 0 Å². The second kappa shape index (κ2) is 5.64. The van der Waals surface area contributed by atoms with Gasteiger partial charge in [0.15, 0.2) is 10.8 Å². The minimum absolute atomic E-state index is 0.431. The Morgan fingerprint density at radius 3 is 2.84 bits per heavy atom. The number of H-pyrrole nitrogens is 2. The van der Waals surface area contributed by atoms with Gasteiger partial charge in [-0.05, 0) is 16.7 Å². The number of hydrogen-bond donors (Lipinski definition) is 2. The minimum Gasteiger partial charge on any atom is -0.212 e. The molecule has 0 spiro atoms. The zero-order valence-corrected chi connectivity index (χ0v) is 13.9. The number of tetrazole rings is 1. The Hall–Kier alpha value is -3.32. The van der Waals surface area contributed by atoms with Crippen LogP contribution in [0.3, 0.4) is 0 Å². The highest BCUT2D eigenvalue weighted by Crippen LogP contribution is 2.30. The second-order valence-corrected chi connectivity index (χ2v) is 6.57. The van der Waals surface area contributed by atoms with Crippen LogP contribution in [0.15, 0.2) is 29.1 Å². The van der Waals surface area contributed by atoms with Crippen molar-refractivity contribution in [3.63, 3.8) is 0 Å². The van der Waals surface area contributed by atoms with Crippen LogP contribution in [0.25, 0.3) is 38.6 Å². The number of thiazole rings is 1. The number of nitrogens with one attached hydrogen (secondary N) is 2. The van der Waals surface area contributed by atoms with Crippen molar-refractivity contribution in [2.24, 2.45) is 0 Å². The van der Waals surface area contributed by atoms with Gasteiger partial charge in [-0.2, -0.15) is 25.7 Å². The molecule has 0 aromatic carbocycles. The van der Waals surface area contributed by atoms with E-state index in [0.29, 0.717) is 28.0 Å². The van der Waals surface area contributed by atoms with Gasteiger partial charge in [0.1, 0.15) is 17.1 Å². The Kier molecular flexibility index (Phi) is 3.17. The predicted molar refractivity (Wildman–Crippen MR) is 88.9 cm³/mol. The van der Waals surface area contributed by atoms with Gasteiger partial charge in [-0.1, -0.05) is 6.07 Å². The summed E-state index contributed by atoms with van der Waals surface area (Å²) < 4.78 is 0. The zero-order chi connectivity index (χ0) is 16.6. The maximum absolute atomic E-state index is 4.46. The lowest BCUT2D eigenvalue weighted by atomic mass is 10.2. The van der Waals surface area contributed by atoms with E-state index < -0.39 is 0 Å². The van der Waals surface area contributed by atoms with E-state index in [9.17, 15) is 0 Å². The van der Waals surface area contributed by atoms with Gasteiger partial charge in [-0.25, -0.2) is 4.98 Å². The fourth-order valence-corrected chi connectivity index (χ4v) is 3.61. The number of thiophene rings is 1. The Morgan fingerprint density at radius 2 is 2.00 bits per heavy atom. The fourth-order valence-electron chi connectivity index (χ4n) is 2.19. The molecule has 0 aliphatic carbocycles. The molecule has 5 aromatic rings. The summed E-state index contributed by atoms with van der Waals surface area (Å²) in [5.41, 5.74) is 1.99. The lowest BCUT2D eigenvalue weighted by Crippen LogP contribution is -1.99. The first kappa shape index (κ1) is 14.1. The highest BCUT2D eigenvalue weighted by Gasteiger charge is 2.18. The van der Waals surface area contributed by atoms with Crippen molar-refractivity contribution in [3.8, 4) is 38.6 Å². The standard InChI is InChI=1S/C12H7N11S2/c1-2-7(24-3-1)10-9(15-20-16-10)6-4-13-23(19-6)8-5-25-12(14-8)11-17-21-22-18-11/h1-5H,(H,15,16,20)(H,17,18,21,22). The normalized spacial score (nSPS) is 11.2. The van der Waals surface area contributed by atoms with E-state index >= 15 is 0 Å². The molecule has 5 heterocycles. The smallest absolute Gasteiger partial charge is 0.212 e. The van der Waals surface area contributed by atoms with Crippen LogP contribution in [0, 0.1) is 0 Å². The van der Waals surface area contributed by atoms with Crippen molar-refractivity contribution >= 4 is 22.7 Å². The van der Waals surface area contributed by atoms with Crippen LogP contribution in [-0.2, 0) is 0 Å². The van der Waals surface area contributed by atoms with Crippen LogP contribution in [0.4, 0.5) is 0 Å². The lowest BCUT2D eigenvalue weighted by Gasteiger charge is -1.94. The second-order valence-electron chi connectivity index (χ2n) is 4.76. The first-order valence-electron chi connectivity index (χ1n) is 6.95. The van der Waals surface area contributed by atoms with Crippen molar-refractivity contribution < 1.29 is 0 Å². The Morgan fingerprint density at radius 1 is 1.04 bits per heavy atom. The lowest BCUT2D eigenvalue weighted by molar-refractivity contribution is 0.735. The largest absolute Gasteiger partial charge is 0.233 e. The molecule has 11 nitrogen and oxygen atoms in total. The molecule has 0 saturated carbocycles. The Balaban J connectivity index is 1.50. The third-order valence-corrected chi connectivity index (χ3v) is 4.97. The molecule has 0 radical (unpaired) electrons. The van der Waals surface area contributed by atoms with Crippen molar-refractivity contribution in [1.29, 1.82) is 0 Å². The van der Waals surface area contributed by atoms with Gasteiger partial charge >= 0.3 is 0 Å². The monoisotopic (exact) mass is 369 g/mol. The number of rotatable bonds is 4. The first-order chi connectivity index (χ1) is 12.4. The van der Waals surface area contributed by atoms with E-state index in [1.54, 1.807) is 17.5 Å². The summed E-state index contributed by atoms with van der Waals surface area (Å²) in [6, 6.07) is 3.94. The SMILES string of the molecule is c1csc(-c2n[nH]nc2-c2cnn(-c3csc(-c4nn[nH]n4)n3)n2)c1. The number of aromatic amines is 2. The Labute approximate surface area is 146 Å². The van der Waals surface area contributed by atoms with Gasteiger partial charge in [0.2, 0.25) is 5.82 Å². The molecule has 13 heteroatoms. The highest BCUT2D eigenvalue weighted by atomic mass is 32.1. The van der Waals surface area contributed by atoms with Crippen molar-refractivity contribution in [2.45, 2.75) is 0 Å². The minimum atomic E-state index is 0.431. The number of aromatic nitrogens is 11. The summed E-state index contributed by atoms with van der Waals surface area (Å²) in [4.78, 5) is 6.86. The summed E-state index contributed by atoms with van der Waals surface area (Å²) in [5, 5.41) is 38.0. The van der Waals surface area contributed by atoms with Gasteiger partial charge in [0.25, 0.3) is 0 Å². The molecule has 0 unspecified atom stereocenters. The van der Waals surface area contributed by atoms with Crippen molar-refractivity contribution in [1.82, 2.24) is 56.0 Å². The van der Waals surface area contributed by atoms with E-state index in [2.05, 4.69) is 51.2 Å². The molecule has 25 heavy (non-hydrogen) atoms. The fraction of sp³-hybridized carbons (Fsp3) is 0. The molecule has 0 amide bonds. The van der Waals surface area contributed by atoms with Crippen LogP contribution >= 0.6 is 22.7 Å². The van der Waals surface area contributed by atoms with E-state index in [0.717, 1.165) is 10.6 Å². The number of nitrogens with zero attached hydrogens (tertiary/aromatic N) is 9. The maximum Gasteiger partial charge on any atom is 0.233 e. The van der Waals surface area contributed by atoms with Crippen LogP contribution in [0.5, 0.6) is 0 Å². The molecular weight excluding hydrogens is 362 g/mol. The van der Waals surface area contributed by atoms with Crippen LogP contribution in [0.2, 0.25) is 0 Å². The molecule has 122 valence electrons. The quantitative estimate of drug-likeness (QED) is 0.485. The van der Waals surface area contributed by atoms with Crippen molar-refractivity contribution in [3.05, 3.63) is 29.1 Å². The van der Waals surface area contributed by atoms with Gasteiger partial charge < -0.3 is 0 Å². The topological polar surface area (TPSA) is 140 Å². The van der Waals surface area contributed by atoms with Crippen LogP contribution in [0.1, 0.15) is 0 Å².